The van der Waals surface area contributed by atoms with Crippen LogP contribution in [0, 0.1) is 6.92 Å². The van der Waals surface area contributed by atoms with Crippen molar-refractivity contribution in [2.45, 2.75) is 39.7 Å². The third kappa shape index (κ3) is 5.68. The van der Waals surface area contributed by atoms with E-state index in [1.54, 1.807) is 18.4 Å². The molecule has 0 saturated heterocycles. The van der Waals surface area contributed by atoms with Crippen LogP contribution in [-0.2, 0) is 6.54 Å². The number of hydrogen-bond donors (Lipinski definition) is 2. The van der Waals surface area contributed by atoms with Gasteiger partial charge in [-0.15, -0.1) is 11.3 Å². The van der Waals surface area contributed by atoms with Crippen molar-refractivity contribution in [2.75, 3.05) is 13.6 Å². The molecule has 1 rings (SSSR count). The van der Waals surface area contributed by atoms with Gasteiger partial charge in [-0.3, -0.25) is 4.99 Å². The highest BCUT2D eigenvalue weighted by molar-refractivity contribution is 7.11. The molecule has 2 N–H and O–H groups in total. The Morgan fingerprint density at radius 3 is 2.82 bits per heavy atom. The second kappa shape index (κ2) is 8.06. The van der Waals surface area contributed by atoms with Crippen LogP contribution in [0.5, 0.6) is 0 Å². The van der Waals surface area contributed by atoms with Crippen LogP contribution in [-0.4, -0.2) is 24.5 Å². The van der Waals surface area contributed by atoms with Crippen LogP contribution in [0.1, 0.15) is 36.1 Å². The molecular weight excluding hydrogens is 232 g/mol. The van der Waals surface area contributed by atoms with Gasteiger partial charge in [0, 0.05) is 24.7 Å². The Morgan fingerprint density at radius 2 is 2.24 bits per heavy atom. The summed E-state index contributed by atoms with van der Waals surface area (Å²) in [7, 11) is 1.79. The van der Waals surface area contributed by atoms with E-state index in [1.165, 1.54) is 24.1 Å². The van der Waals surface area contributed by atoms with Crippen LogP contribution in [0.2, 0.25) is 0 Å². The number of aromatic nitrogens is 1. The molecule has 0 aliphatic heterocycles. The third-order valence-corrected chi connectivity index (χ3v) is 3.29. The summed E-state index contributed by atoms with van der Waals surface area (Å²) in [6.07, 6.45) is 5.59. The fourth-order valence-corrected chi connectivity index (χ4v) is 2.17. The van der Waals surface area contributed by atoms with Crippen molar-refractivity contribution in [3.63, 3.8) is 0 Å². The molecule has 0 amide bonds. The van der Waals surface area contributed by atoms with E-state index < -0.39 is 0 Å². The second-order valence-electron chi connectivity index (χ2n) is 3.92. The highest BCUT2D eigenvalue weighted by Crippen LogP contribution is 2.10. The van der Waals surface area contributed by atoms with E-state index in [0.717, 1.165) is 24.1 Å². The summed E-state index contributed by atoms with van der Waals surface area (Å²) in [5.41, 5.74) is 0. The zero-order valence-corrected chi connectivity index (χ0v) is 11.7. The van der Waals surface area contributed by atoms with Gasteiger partial charge in [0.1, 0.15) is 5.01 Å². The quantitative estimate of drug-likeness (QED) is 0.465. The highest BCUT2D eigenvalue weighted by Gasteiger charge is 2.00. The molecule has 0 aliphatic carbocycles. The zero-order chi connectivity index (χ0) is 12.5. The van der Waals surface area contributed by atoms with E-state index in [1.807, 2.05) is 6.20 Å². The Morgan fingerprint density at radius 1 is 1.41 bits per heavy atom. The predicted octanol–water partition coefficient (Wildman–Crippen LogP) is 2.31. The lowest BCUT2D eigenvalue weighted by Gasteiger charge is -2.10. The van der Waals surface area contributed by atoms with Gasteiger partial charge in [-0.1, -0.05) is 19.8 Å². The standard InChI is InChI=1S/C12H22N4S/c1-4-5-6-7-14-12(13-3)16-9-11-15-8-10(2)17-11/h8H,4-7,9H2,1-3H3,(H2,13,14,16). The summed E-state index contributed by atoms with van der Waals surface area (Å²) in [6, 6.07) is 0. The van der Waals surface area contributed by atoms with E-state index in [0.29, 0.717) is 0 Å². The number of nitrogens with zero attached hydrogens (tertiary/aromatic N) is 2. The van der Waals surface area contributed by atoms with E-state index in [4.69, 9.17) is 0 Å². The maximum atomic E-state index is 4.30. The van der Waals surface area contributed by atoms with Crippen molar-refractivity contribution in [2.24, 2.45) is 4.99 Å². The number of rotatable bonds is 6. The number of unbranched alkanes of at least 4 members (excludes halogenated alkanes) is 2. The monoisotopic (exact) mass is 254 g/mol. The van der Waals surface area contributed by atoms with E-state index in [2.05, 4.69) is 34.5 Å². The van der Waals surface area contributed by atoms with Gasteiger partial charge < -0.3 is 10.6 Å². The minimum atomic E-state index is 0.742. The average molecular weight is 254 g/mol. The van der Waals surface area contributed by atoms with Crippen LogP contribution in [0.3, 0.4) is 0 Å². The summed E-state index contributed by atoms with van der Waals surface area (Å²) in [5, 5.41) is 7.66. The van der Waals surface area contributed by atoms with E-state index in [9.17, 15) is 0 Å². The molecule has 0 unspecified atom stereocenters. The molecule has 4 nitrogen and oxygen atoms in total. The molecule has 0 bridgehead atoms. The third-order valence-electron chi connectivity index (χ3n) is 2.37. The van der Waals surface area contributed by atoms with Gasteiger partial charge in [0.25, 0.3) is 0 Å². The van der Waals surface area contributed by atoms with Crippen LogP contribution >= 0.6 is 11.3 Å². The fourth-order valence-electron chi connectivity index (χ4n) is 1.44. The Balaban J connectivity index is 2.23. The Kier molecular flexibility index (Phi) is 6.62. The lowest BCUT2D eigenvalue weighted by molar-refractivity contribution is 0.682. The second-order valence-corrected chi connectivity index (χ2v) is 5.24. The molecule has 1 aromatic heterocycles. The van der Waals surface area contributed by atoms with Crippen LogP contribution < -0.4 is 10.6 Å². The Labute approximate surface area is 108 Å². The molecule has 1 aromatic rings. The highest BCUT2D eigenvalue weighted by atomic mass is 32.1. The van der Waals surface area contributed by atoms with Crippen LogP contribution in [0.4, 0.5) is 0 Å². The molecular formula is C12H22N4S. The molecule has 96 valence electrons. The van der Waals surface area contributed by atoms with Gasteiger partial charge in [-0.05, 0) is 13.3 Å². The van der Waals surface area contributed by atoms with E-state index in [-0.39, 0.29) is 0 Å². The van der Waals surface area contributed by atoms with Crippen molar-refractivity contribution in [3.8, 4) is 0 Å². The summed E-state index contributed by atoms with van der Waals surface area (Å²) in [6.45, 7) is 5.99. The number of aliphatic imine (C=N–C) groups is 1. The summed E-state index contributed by atoms with van der Waals surface area (Å²) in [4.78, 5) is 9.73. The zero-order valence-electron chi connectivity index (χ0n) is 10.9. The lowest BCUT2D eigenvalue weighted by atomic mass is 10.2. The van der Waals surface area contributed by atoms with Crippen LogP contribution in [0.15, 0.2) is 11.2 Å². The largest absolute Gasteiger partial charge is 0.356 e. The summed E-state index contributed by atoms with van der Waals surface area (Å²) in [5.74, 6) is 0.856. The van der Waals surface area contributed by atoms with Gasteiger partial charge >= 0.3 is 0 Å². The number of hydrogen-bond acceptors (Lipinski definition) is 3. The number of thiazole rings is 1. The molecule has 0 atom stereocenters. The SMILES string of the molecule is CCCCCNC(=NC)NCc1ncc(C)s1. The Hall–Kier alpha value is -1.10. The molecule has 0 saturated carbocycles. The first kappa shape index (κ1) is 14.0. The van der Waals surface area contributed by atoms with Gasteiger partial charge in [-0.25, -0.2) is 4.98 Å². The first-order valence-electron chi connectivity index (χ1n) is 6.12. The fraction of sp³-hybridized carbons (Fsp3) is 0.667. The number of aryl methyl sites for hydroxylation is 1. The molecule has 5 heteroatoms. The smallest absolute Gasteiger partial charge is 0.191 e. The molecule has 0 spiro atoms. The molecule has 0 aromatic carbocycles. The molecule has 1 heterocycles. The van der Waals surface area contributed by atoms with Crippen molar-refractivity contribution in [1.82, 2.24) is 15.6 Å². The van der Waals surface area contributed by atoms with Gasteiger partial charge in [0.2, 0.25) is 0 Å². The van der Waals surface area contributed by atoms with Crippen molar-refractivity contribution in [3.05, 3.63) is 16.1 Å². The van der Waals surface area contributed by atoms with Crippen molar-refractivity contribution >= 4 is 17.3 Å². The number of guanidine groups is 1. The van der Waals surface area contributed by atoms with Crippen molar-refractivity contribution < 1.29 is 0 Å². The maximum absolute atomic E-state index is 4.30. The lowest BCUT2D eigenvalue weighted by Crippen LogP contribution is -2.37. The maximum Gasteiger partial charge on any atom is 0.191 e. The first-order valence-corrected chi connectivity index (χ1v) is 6.93. The van der Waals surface area contributed by atoms with Gasteiger partial charge in [0.05, 0.1) is 6.54 Å². The predicted molar refractivity (Wildman–Crippen MR) is 74.6 cm³/mol. The number of nitrogens with one attached hydrogen (secondary N) is 2. The molecule has 0 aliphatic rings. The summed E-state index contributed by atoms with van der Waals surface area (Å²) < 4.78 is 0. The Bertz CT molecular complexity index is 346. The minimum Gasteiger partial charge on any atom is -0.356 e. The molecule has 0 radical (unpaired) electrons. The van der Waals surface area contributed by atoms with Crippen LogP contribution in [0.25, 0.3) is 0 Å². The van der Waals surface area contributed by atoms with E-state index >= 15 is 0 Å². The normalized spacial score (nSPS) is 11.6. The van der Waals surface area contributed by atoms with Crippen molar-refractivity contribution in [1.29, 1.82) is 0 Å². The average Bonchev–Trinajstić information content (AvgIpc) is 2.74. The minimum absolute atomic E-state index is 0.742. The first-order chi connectivity index (χ1) is 8.26. The molecule has 17 heavy (non-hydrogen) atoms. The summed E-state index contributed by atoms with van der Waals surface area (Å²) >= 11 is 1.72. The molecule has 0 fully saturated rings. The topological polar surface area (TPSA) is 49.3 Å². The van der Waals surface area contributed by atoms with Gasteiger partial charge in [-0.2, -0.15) is 0 Å². The van der Waals surface area contributed by atoms with Gasteiger partial charge in [0.15, 0.2) is 5.96 Å².